The van der Waals surface area contributed by atoms with E-state index in [1.165, 1.54) is 18.2 Å². The molecule has 0 saturated carbocycles. The number of carbonyl (C=O) groups excluding carboxylic acids is 1. The number of benzene rings is 2. The molecule has 0 aliphatic carbocycles. The number of halogens is 2. The lowest BCUT2D eigenvalue weighted by Crippen LogP contribution is -2.17. The summed E-state index contributed by atoms with van der Waals surface area (Å²) in [6, 6.07) is 9.10. The quantitative estimate of drug-likeness (QED) is 0.762. The van der Waals surface area contributed by atoms with Crippen LogP contribution in [-0.2, 0) is 0 Å². The fraction of sp³-hybridized carbons (Fsp3) is 0.0714. The third-order valence-corrected chi connectivity index (χ3v) is 3.03. The van der Waals surface area contributed by atoms with Gasteiger partial charge < -0.3 is 16.4 Å². The molecule has 0 aliphatic heterocycles. The Morgan fingerprint density at radius 2 is 2.00 bits per heavy atom. The molecule has 2 rings (SSSR count). The van der Waals surface area contributed by atoms with Gasteiger partial charge in [0, 0.05) is 18.3 Å². The number of nitrogens with one attached hydrogen (secondary N) is 2. The van der Waals surface area contributed by atoms with Gasteiger partial charge in [-0.25, -0.2) is 4.39 Å². The summed E-state index contributed by atoms with van der Waals surface area (Å²) in [5, 5.41) is 5.54. The zero-order chi connectivity index (χ0) is 14.7. The average molecular weight is 294 g/mol. The summed E-state index contributed by atoms with van der Waals surface area (Å²) in [6.45, 7) is 0. The monoisotopic (exact) mass is 293 g/mol. The number of amides is 1. The molecule has 0 saturated heterocycles. The van der Waals surface area contributed by atoms with Crippen molar-refractivity contribution in [2.75, 3.05) is 18.1 Å². The molecule has 0 aliphatic rings. The van der Waals surface area contributed by atoms with Crippen molar-refractivity contribution in [3.05, 3.63) is 52.8 Å². The Kier molecular flexibility index (Phi) is 4.10. The molecule has 0 fully saturated rings. The van der Waals surface area contributed by atoms with E-state index in [4.69, 9.17) is 17.3 Å². The molecule has 2 aromatic rings. The lowest BCUT2D eigenvalue weighted by atomic mass is 10.1. The first kappa shape index (κ1) is 14.1. The number of nitrogens with two attached hydrogens (primary N) is 1. The average Bonchev–Trinajstić information content (AvgIpc) is 2.44. The van der Waals surface area contributed by atoms with Crippen LogP contribution in [0.4, 0.5) is 21.5 Å². The molecule has 104 valence electrons. The minimum absolute atomic E-state index is 0.0102. The van der Waals surface area contributed by atoms with E-state index in [2.05, 4.69) is 10.6 Å². The van der Waals surface area contributed by atoms with Gasteiger partial charge in [0.15, 0.2) is 0 Å². The van der Waals surface area contributed by atoms with Crippen molar-refractivity contribution in [3.8, 4) is 0 Å². The first-order chi connectivity index (χ1) is 9.51. The van der Waals surface area contributed by atoms with Gasteiger partial charge in [0.2, 0.25) is 0 Å². The Hall–Kier alpha value is -2.27. The first-order valence-electron chi connectivity index (χ1n) is 5.85. The Morgan fingerprint density at radius 3 is 2.65 bits per heavy atom. The number of hydrogen-bond acceptors (Lipinski definition) is 3. The molecule has 1 amide bonds. The largest absolute Gasteiger partial charge is 0.397 e. The molecule has 0 radical (unpaired) electrons. The molecule has 0 bridgehead atoms. The van der Waals surface area contributed by atoms with Crippen LogP contribution >= 0.6 is 11.6 Å². The molecule has 6 heteroatoms. The van der Waals surface area contributed by atoms with E-state index < -0.39 is 5.82 Å². The van der Waals surface area contributed by atoms with Gasteiger partial charge in [0.1, 0.15) is 5.82 Å². The van der Waals surface area contributed by atoms with E-state index in [1.54, 1.807) is 25.2 Å². The highest BCUT2D eigenvalue weighted by Gasteiger charge is 2.08. The van der Waals surface area contributed by atoms with Crippen LogP contribution in [0.2, 0.25) is 5.02 Å². The maximum atomic E-state index is 13.1. The van der Waals surface area contributed by atoms with E-state index in [1.807, 2.05) is 0 Å². The van der Waals surface area contributed by atoms with Crippen LogP contribution in [0.3, 0.4) is 0 Å². The summed E-state index contributed by atoms with van der Waals surface area (Å²) in [7, 11) is 1.55. The second-order valence-corrected chi connectivity index (χ2v) is 4.54. The minimum Gasteiger partial charge on any atom is -0.397 e. The van der Waals surface area contributed by atoms with Crippen LogP contribution in [0, 0.1) is 5.82 Å². The van der Waals surface area contributed by atoms with Crippen LogP contribution in [-0.4, -0.2) is 13.0 Å². The van der Waals surface area contributed by atoms with E-state index in [0.717, 1.165) is 0 Å². The third-order valence-electron chi connectivity index (χ3n) is 2.74. The fourth-order valence-electron chi connectivity index (χ4n) is 1.68. The van der Waals surface area contributed by atoms with Gasteiger partial charge in [0.05, 0.1) is 16.4 Å². The van der Waals surface area contributed by atoms with E-state index in [0.29, 0.717) is 22.6 Å². The number of nitrogen functional groups attached to an aromatic ring is 1. The summed E-state index contributed by atoms with van der Waals surface area (Å²) in [5.74, 6) is -0.713. The smallest absolute Gasteiger partial charge is 0.251 e. The van der Waals surface area contributed by atoms with Gasteiger partial charge in [-0.05, 0) is 36.4 Å². The van der Waals surface area contributed by atoms with Gasteiger partial charge in [0.25, 0.3) is 5.91 Å². The Morgan fingerprint density at radius 1 is 1.25 bits per heavy atom. The number of anilines is 3. The maximum absolute atomic E-state index is 13.1. The van der Waals surface area contributed by atoms with Crippen molar-refractivity contribution in [2.45, 2.75) is 0 Å². The molecule has 4 N–H and O–H groups in total. The molecule has 0 spiro atoms. The molecule has 0 unspecified atom stereocenters. The predicted molar refractivity (Wildman–Crippen MR) is 78.9 cm³/mol. The Bertz CT molecular complexity index is 661. The normalized spacial score (nSPS) is 10.2. The highest BCUT2D eigenvalue weighted by Crippen LogP contribution is 2.27. The predicted octanol–water partition coefficient (Wildman–Crippen LogP) is 3.16. The molecule has 0 aromatic heterocycles. The van der Waals surface area contributed by atoms with Gasteiger partial charge in [-0.15, -0.1) is 0 Å². The summed E-state index contributed by atoms with van der Waals surface area (Å²) >= 11 is 5.71. The fourth-order valence-corrected chi connectivity index (χ4v) is 1.86. The van der Waals surface area contributed by atoms with Crippen LogP contribution in [0.15, 0.2) is 36.4 Å². The van der Waals surface area contributed by atoms with Gasteiger partial charge in [-0.2, -0.15) is 0 Å². The molecule has 4 nitrogen and oxygen atoms in total. The zero-order valence-electron chi connectivity index (χ0n) is 10.7. The lowest BCUT2D eigenvalue weighted by Gasteiger charge is -2.11. The molecule has 0 atom stereocenters. The number of rotatable bonds is 3. The second kappa shape index (κ2) is 5.79. The Balaban J connectivity index is 2.32. The summed E-state index contributed by atoms with van der Waals surface area (Å²) in [6.07, 6.45) is 0. The standard InChI is InChI=1S/C14H13ClFN3O/c1-18-14(20)8-2-5-12(17)13(6-8)19-9-3-4-11(16)10(15)7-9/h2-7,19H,17H2,1H3,(H,18,20). The zero-order valence-corrected chi connectivity index (χ0v) is 11.5. The number of carbonyl (C=O) groups is 1. The molecule has 2 aromatic carbocycles. The maximum Gasteiger partial charge on any atom is 0.251 e. The van der Waals surface area contributed by atoms with E-state index >= 15 is 0 Å². The summed E-state index contributed by atoms with van der Waals surface area (Å²) < 4.78 is 13.1. The number of hydrogen-bond donors (Lipinski definition) is 3. The van der Waals surface area contributed by atoms with Crippen molar-refractivity contribution in [2.24, 2.45) is 0 Å². The minimum atomic E-state index is -0.496. The van der Waals surface area contributed by atoms with E-state index in [9.17, 15) is 9.18 Å². The summed E-state index contributed by atoms with van der Waals surface area (Å²) in [4.78, 5) is 11.6. The first-order valence-corrected chi connectivity index (χ1v) is 6.22. The van der Waals surface area contributed by atoms with Gasteiger partial charge >= 0.3 is 0 Å². The second-order valence-electron chi connectivity index (χ2n) is 4.14. The van der Waals surface area contributed by atoms with Crippen molar-refractivity contribution in [1.29, 1.82) is 0 Å². The third kappa shape index (κ3) is 3.00. The summed E-state index contributed by atoms with van der Waals surface area (Å²) in [5.41, 5.74) is 7.92. The highest BCUT2D eigenvalue weighted by atomic mass is 35.5. The molecule has 0 heterocycles. The lowest BCUT2D eigenvalue weighted by molar-refractivity contribution is 0.0963. The van der Waals surface area contributed by atoms with Gasteiger partial charge in [-0.3, -0.25) is 4.79 Å². The van der Waals surface area contributed by atoms with Crippen molar-refractivity contribution < 1.29 is 9.18 Å². The molecular weight excluding hydrogens is 281 g/mol. The van der Waals surface area contributed by atoms with Crippen molar-refractivity contribution in [1.82, 2.24) is 5.32 Å². The van der Waals surface area contributed by atoms with Crippen LogP contribution in [0.25, 0.3) is 0 Å². The molecular formula is C14H13ClFN3O. The van der Waals surface area contributed by atoms with Crippen molar-refractivity contribution >= 4 is 34.6 Å². The Labute approximate surface area is 120 Å². The van der Waals surface area contributed by atoms with Crippen LogP contribution < -0.4 is 16.4 Å². The van der Waals surface area contributed by atoms with E-state index in [-0.39, 0.29) is 10.9 Å². The molecule has 20 heavy (non-hydrogen) atoms. The van der Waals surface area contributed by atoms with Gasteiger partial charge in [-0.1, -0.05) is 11.6 Å². The SMILES string of the molecule is CNC(=O)c1ccc(N)c(Nc2ccc(F)c(Cl)c2)c1. The topological polar surface area (TPSA) is 67.2 Å². The highest BCUT2D eigenvalue weighted by molar-refractivity contribution is 6.31. The van der Waals surface area contributed by atoms with Crippen LogP contribution in [0.5, 0.6) is 0 Å². The van der Waals surface area contributed by atoms with Crippen LogP contribution in [0.1, 0.15) is 10.4 Å². The van der Waals surface area contributed by atoms with Crippen molar-refractivity contribution in [3.63, 3.8) is 0 Å².